The number of carbonyl (C=O) groups excluding carboxylic acids is 1. The minimum absolute atomic E-state index is 0.0762. The first-order valence-electron chi connectivity index (χ1n) is 4.41. The highest BCUT2D eigenvalue weighted by atomic mass is 79.9. The van der Waals surface area contributed by atoms with E-state index in [1.165, 1.54) is 17.4 Å². The largest absolute Gasteiger partial charge is 0.477 e. The Morgan fingerprint density at radius 1 is 1.47 bits per heavy atom. The van der Waals surface area contributed by atoms with E-state index in [-0.39, 0.29) is 17.4 Å². The molecule has 0 aliphatic carbocycles. The average Bonchev–Trinajstić information content (AvgIpc) is 2.86. The molecule has 0 aliphatic heterocycles. The molecule has 0 spiro atoms. The van der Waals surface area contributed by atoms with Crippen LogP contribution in [0.5, 0.6) is 0 Å². The number of amides is 1. The van der Waals surface area contributed by atoms with E-state index in [2.05, 4.69) is 31.4 Å². The molecule has 1 amide bonds. The zero-order valence-corrected chi connectivity index (χ0v) is 10.6. The first kappa shape index (κ1) is 11.8. The van der Waals surface area contributed by atoms with E-state index in [1.807, 2.05) is 0 Å². The van der Waals surface area contributed by atoms with E-state index in [0.29, 0.717) is 4.88 Å². The molecule has 0 aromatic carbocycles. The van der Waals surface area contributed by atoms with Gasteiger partial charge in [0.25, 0.3) is 5.91 Å². The Labute approximate surface area is 108 Å². The van der Waals surface area contributed by atoms with Crippen molar-refractivity contribution in [2.45, 2.75) is 0 Å². The number of nitrogens with zero attached hydrogens (tertiary/aromatic N) is 1. The molecule has 0 atom stereocenters. The molecule has 0 saturated heterocycles. The maximum Gasteiger partial charge on any atom is 0.353 e. The van der Waals surface area contributed by atoms with Gasteiger partial charge in [0.2, 0.25) is 0 Å². The van der Waals surface area contributed by atoms with E-state index in [9.17, 15) is 9.59 Å². The Morgan fingerprint density at radius 2 is 2.24 bits per heavy atom. The van der Waals surface area contributed by atoms with Crippen LogP contribution in [0.4, 0.5) is 5.82 Å². The number of carboxylic acids is 1. The maximum absolute atomic E-state index is 11.7. The van der Waals surface area contributed by atoms with Crippen LogP contribution < -0.4 is 5.32 Å². The molecule has 0 aliphatic rings. The first-order valence-corrected chi connectivity index (χ1v) is 6.02. The van der Waals surface area contributed by atoms with Crippen molar-refractivity contribution in [1.29, 1.82) is 0 Å². The molecule has 8 heteroatoms. The Morgan fingerprint density at radius 3 is 2.76 bits per heavy atom. The summed E-state index contributed by atoms with van der Waals surface area (Å²) in [4.78, 5) is 22.8. The Bertz CT molecular complexity index is 578. The van der Waals surface area contributed by atoms with E-state index in [4.69, 9.17) is 5.11 Å². The second kappa shape index (κ2) is 4.68. The molecule has 88 valence electrons. The summed E-state index contributed by atoms with van der Waals surface area (Å²) in [6, 6.07) is 4.67. The standard InChI is InChI=1S/C9H6BrN3O3S/c10-6-2-1-5(17-6)8(14)11-7-3-4(9(15)16)12-13-7/h1-3H,(H,15,16)(H2,11,12,13,14). The number of aromatic carboxylic acids is 1. The van der Waals surface area contributed by atoms with E-state index >= 15 is 0 Å². The number of carboxylic acid groups (broad SMARTS) is 1. The molecular formula is C9H6BrN3O3S. The molecule has 6 nitrogen and oxygen atoms in total. The molecule has 2 aromatic rings. The van der Waals surface area contributed by atoms with Gasteiger partial charge in [0.15, 0.2) is 5.82 Å². The van der Waals surface area contributed by atoms with Crippen molar-refractivity contribution >= 4 is 45.0 Å². The number of anilines is 1. The number of nitrogens with one attached hydrogen (secondary N) is 2. The van der Waals surface area contributed by atoms with Crippen molar-refractivity contribution in [1.82, 2.24) is 10.2 Å². The highest BCUT2D eigenvalue weighted by Crippen LogP contribution is 2.22. The summed E-state index contributed by atoms with van der Waals surface area (Å²) in [7, 11) is 0. The number of aromatic nitrogens is 2. The van der Waals surface area contributed by atoms with Gasteiger partial charge in [-0.1, -0.05) is 0 Å². The highest BCUT2D eigenvalue weighted by molar-refractivity contribution is 9.11. The Kier molecular flexibility index (Phi) is 3.25. The van der Waals surface area contributed by atoms with Crippen molar-refractivity contribution in [2.75, 3.05) is 5.32 Å². The minimum Gasteiger partial charge on any atom is -0.477 e. The summed E-state index contributed by atoms with van der Waals surface area (Å²) in [6.07, 6.45) is 0. The zero-order valence-electron chi connectivity index (χ0n) is 8.23. The molecule has 0 bridgehead atoms. The van der Waals surface area contributed by atoms with Crippen molar-refractivity contribution in [3.05, 3.63) is 32.6 Å². The predicted molar refractivity (Wildman–Crippen MR) is 65.5 cm³/mol. The molecule has 2 aromatic heterocycles. The summed E-state index contributed by atoms with van der Waals surface area (Å²) >= 11 is 4.53. The summed E-state index contributed by atoms with van der Waals surface area (Å²) in [5, 5.41) is 17.1. The number of halogens is 1. The fourth-order valence-electron chi connectivity index (χ4n) is 1.11. The number of hydrogen-bond acceptors (Lipinski definition) is 4. The van der Waals surface area contributed by atoms with Gasteiger partial charge >= 0.3 is 5.97 Å². The summed E-state index contributed by atoms with van der Waals surface area (Å²) in [5.74, 6) is -1.28. The van der Waals surface area contributed by atoms with Crippen LogP contribution in [0.1, 0.15) is 20.2 Å². The number of aromatic amines is 1. The van der Waals surface area contributed by atoms with Crippen LogP contribution >= 0.6 is 27.3 Å². The van der Waals surface area contributed by atoms with E-state index in [1.54, 1.807) is 12.1 Å². The van der Waals surface area contributed by atoms with Gasteiger partial charge in [0.05, 0.1) is 8.66 Å². The molecule has 3 N–H and O–H groups in total. The zero-order chi connectivity index (χ0) is 12.4. The number of thiophene rings is 1. The van der Waals surface area contributed by atoms with Gasteiger partial charge in [0, 0.05) is 6.07 Å². The highest BCUT2D eigenvalue weighted by Gasteiger charge is 2.12. The molecule has 0 radical (unpaired) electrons. The maximum atomic E-state index is 11.7. The second-order valence-corrected chi connectivity index (χ2v) is 5.49. The first-order chi connectivity index (χ1) is 8.06. The molecule has 0 unspecified atom stereocenters. The number of hydrogen-bond donors (Lipinski definition) is 3. The van der Waals surface area contributed by atoms with Gasteiger partial charge in [-0.2, -0.15) is 5.10 Å². The van der Waals surface area contributed by atoms with Crippen LogP contribution in [0.2, 0.25) is 0 Å². The lowest BCUT2D eigenvalue weighted by molar-refractivity contribution is 0.0690. The average molecular weight is 316 g/mol. The number of rotatable bonds is 3. The van der Waals surface area contributed by atoms with Crippen molar-refractivity contribution in [2.24, 2.45) is 0 Å². The normalized spacial score (nSPS) is 10.2. The predicted octanol–water partition coefficient (Wildman–Crippen LogP) is 2.18. The third kappa shape index (κ3) is 2.71. The second-order valence-electron chi connectivity index (χ2n) is 3.03. The Balaban J connectivity index is 2.10. The molecule has 2 rings (SSSR count). The van der Waals surface area contributed by atoms with Crippen molar-refractivity contribution in [3.8, 4) is 0 Å². The van der Waals surface area contributed by atoms with E-state index in [0.717, 1.165) is 3.79 Å². The topological polar surface area (TPSA) is 95.1 Å². The molecule has 0 saturated carbocycles. The molecular weight excluding hydrogens is 310 g/mol. The van der Waals surface area contributed by atoms with Gasteiger partial charge in [-0.25, -0.2) is 4.79 Å². The monoisotopic (exact) mass is 315 g/mol. The number of H-pyrrole nitrogens is 1. The summed E-state index contributed by atoms with van der Waals surface area (Å²) in [6.45, 7) is 0. The van der Waals surface area contributed by atoms with E-state index < -0.39 is 5.97 Å². The smallest absolute Gasteiger partial charge is 0.353 e. The minimum atomic E-state index is -1.13. The van der Waals surface area contributed by atoms with Crippen LogP contribution in [-0.2, 0) is 0 Å². The SMILES string of the molecule is O=C(O)c1cc(NC(=O)c2ccc(Br)s2)n[nH]1. The van der Waals surface area contributed by atoms with Gasteiger partial charge < -0.3 is 10.4 Å². The molecule has 2 heterocycles. The lowest BCUT2D eigenvalue weighted by atomic mass is 10.4. The van der Waals surface area contributed by atoms with Gasteiger partial charge in [0.1, 0.15) is 5.69 Å². The summed E-state index contributed by atoms with van der Waals surface area (Å²) < 4.78 is 0.843. The van der Waals surface area contributed by atoms with Crippen LogP contribution in [0.15, 0.2) is 22.0 Å². The fourth-order valence-corrected chi connectivity index (χ4v) is 2.39. The van der Waals surface area contributed by atoms with Crippen molar-refractivity contribution < 1.29 is 14.7 Å². The van der Waals surface area contributed by atoms with Crippen LogP contribution in [0, 0.1) is 0 Å². The van der Waals surface area contributed by atoms with Crippen LogP contribution in [0.25, 0.3) is 0 Å². The Hall–Kier alpha value is -1.67. The quantitative estimate of drug-likeness (QED) is 0.809. The van der Waals surface area contributed by atoms with Gasteiger partial charge in [-0.15, -0.1) is 11.3 Å². The molecule has 17 heavy (non-hydrogen) atoms. The third-order valence-electron chi connectivity index (χ3n) is 1.85. The summed E-state index contributed by atoms with van der Waals surface area (Å²) in [5.41, 5.74) is -0.0762. The van der Waals surface area contributed by atoms with Gasteiger partial charge in [-0.3, -0.25) is 9.89 Å². The van der Waals surface area contributed by atoms with Crippen molar-refractivity contribution in [3.63, 3.8) is 0 Å². The lowest BCUT2D eigenvalue weighted by Gasteiger charge is -1.97. The third-order valence-corrected chi connectivity index (χ3v) is 3.47. The van der Waals surface area contributed by atoms with Gasteiger partial charge in [-0.05, 0) is 28.1 Å². The molecule has 0 fully saturated rings. The number of carbonyl (C=O) groups is 2. The fraction of sp³-hybridized carbons (Fsp3) is 0. The lowest BCUT2D eigenvalue weighted by Crippen LogP contribution is -2.10. The van der Waals surface area contributed by atoms with Crippen LogP contribution in [0.3, 0.4) is 0 Å². The van der Waals surface area contributed by atoms with Crippen LogP contribution in [-0.4, -0.2) is 27.2 Å².